The van der Waals surface area contributed by atoms with Gasteiger partial charge >= 0.3 is 81.7 Å². The van der Waals surface area contributed by atoms with E-state index in [1.54, 1.807) is 0 Å². The third kappa shape index (κ3) is 3780. The number of hydrogen-bond acceptors (Lipinski definition) is 9. The average molecular weight is 505 g/mol. The quantitative estimate of drug-likeness (QED) is 0.308. The first kappa shape index (κ1) is 36.0. The molecule has 0 fully saturated rings. The Morgan fingerprint density at radius 2 is 0.533 bits per heavy atom. The molecule has 0 aliphatic heterocycles. The Balaban J connectivity index is -0.0000000184. The van der Waals surface area contributed by atoms with Gasteiger partial charge in [-0.2, -0.15) is 0 Å². The van der Waals surface area contributed by atoms with Crippen molar-refractivity contribution >= 4 is 30.9 Å². The van der Waals surface area contributed by atoms with Crippen LogP contribution in [0.4, 0.5) is 14.4 Å². The molecule has 15 heavy (non-hydrogen) atoms. The van der Waals surface area contributed by atoms with E-state index < -0.39 is 18.5 Å². The largest absolute Gasteiger partial charge is 3.00 e. The van der Waals surface area contributed by atoms with E-state index in [-0.39, 0.29) is 94.1 Å². The van der Waals surface area contributed by atoms with Crippen molar-refractivity contribution in [3.63, 3.8) is 0 Å². The minimum atomic E-state index is -2.33. The third-order valence-corrected chi connectivity index (χ3v) is 0. The number of carbonyl (C=O) groups excluding carboxylic acids is 3. The van der Waals surface area contributed by atoms with E-state index in [0.717, 1.165) is 0 Å². The molecule has 0 amide bonds. The molecule has 0 bridgehead atoms. The predicted molar refractivity (Wildman–Crippen MR) is 23.4 cm³/mol. The van der Waals surface area contributed by atoms with E-state index >= 15 is 0 Å². The van der Waals surface area contributed by atoms with Crippen molar-refractivity contribution in [2.75, 3.05) is 0 Å². The molecule has 9 nitrogen and oxygen atoms in total. The van der Waals surface area contributed by atoms with Crippen LogP contribution in [0.25, 0.3) is 0 Å². The summed E-state index contributed by atoms with van der Waals surface area (Å²) in [6.07, 6.45) is -7.00. The number of hydrogen-bond donors (Lipinski definition) is 0. The Hall–Kier alpha value is 0.801. The van der Waals surface area contributed by atoms with Crippen molar-refractivity contribution in [1.29, 1.82) is 0 Å². The zero-order valence-electron chi connectivity index (χ0n) is 6.58. The molecule has 0 spiro atoms. The first-order valence-electron chi connectivity index (χ1n) is 1.84. The van der Waals surface area contributed by atoms with Gasteiger partial charge in [-0.1, -0.05) is 0 Å². The minimum absolute atomic E-state index is 0. The Morgan fingerprint density at radius 3 is 0.533 bits per heavy atom. The van der Waals surface area contributed by atoms with Gasteiger partial charge in [-0.25, -0.2) is 0 Å². The van der Waals surface area contributed by atoms with Gasteiger partial charge in [-0.05, 0) is 18.5 Å². The predicted octanol–water partition coefficient (Wildman–Crippen LogP) is -6.92. The first-order chi connectivity index (χ1) is 5.20. The van der Waals surface area contributed by atoms with Gasteiger partial charge in [-0.3, -0.25) is 0 Å². The molecule has 0 aromatic carbocycles. The third-order valence-electron chi connectivity index (χ3n) is 0. The molecule has 0 aromatic heterocycles. The van der Waals surface area contributed by atoms with Crippen LogP contribution in [0, 0.1) is 81.7 Å². The number of carboxylic acid groups (broad SMARTS) is 6. The second-order valence-corrected chi connectivity index (χ2v) is 0.750. The van der Waals surface area contributed by atoms with Crippen molar-refractivity contribution < 1.29 is 127 Å². The molecule has 0 saturated carbocycles. The van der Waals surface area contributed by atoms with Gasteiger partial charge in [0.15, 0.2) is 0 Å². The van der Waals surface area contributed by atoms with Crippen LogP contribution in [0.5, 0.6) is 0 Å². The minimum Gasteiger partial charge on any atom is -0.652 e. The number of carbonyl (C=O) groups is 3. The molecule has 0 rings (SSSR count). The molecular formula is C3HClNd2O9. The summed E-state index contributed by atoms with van der Waals surface area (Å²) in [5, 5.41) is 50.0. The van der Waals surface area contributed by atoms with Crippen LogP contribution in [0.3, 0.4) is 0 Å². The van der Waals surface area contributed by atoms with Crippen molar-refractivity contribution in [3.8, 4) is 0 Å². The molecule has 0 aliphatic rings. The maximum Gasteiger partial charge on any atom is 3.00 e. The van der Waals surface area contributed by atoms with Crippen molar-refractivity contribution in [2.45, 2.75) is 0 Å². The van der Waals surface area contributed by atoms with Crippen LogP contribution >= 0.6 is 12.4 Å². The summed E-state index contributed by atoms with van der Waals surface area (Å²) in [5.41, 5.74) is 0. The van der Waals surface area contributed by atoms with E-state index in [2.05, 4.69) is 0 Å². The van der Waals surface area contributed by atoms with Gasteiger partial charge in [0.2, 0.25) is 0 Å². The number of rotatable bonds is 0. The summed E-state index contributed by atoms with van der Waals surface area (Å²) in [4.78, 5) is 25.0. The Kier molecular flexibility index (Phi) is 70.5. The summed E-state index contributed by atoms with van der Waals surface area (Å²) >= 11 is 0. The van der Waals surface area contributed by atoms with Crippen LogP contribution in [-0.2, 0) is 0 Å². The topological polar surface area (TPSA) is 190 Å². The maximum atomic E-state index is 8.33. The van der Waals surface area contributed by atoms with Gasteiger partial charge in [0, 0.05) is 0 Å². The van der Waals surface area contributed by atoms with Crippen LogP contribution in [0.1, 0.15) is 0 Å². The van der Waals surface area contributed by atoms with Crippen LogP contribution < -0.4 is 30.6 Å². The van der Waals surface area contributed by atoms with Gasteiger partial charge in [0.05, 0.1) is 0 Å². The van der Waals surface area contributed by atoms with E-state index in [0.29, 0.717) is 0 Å². The average Bonchev–Trinajstić information content (AvgIpc) is 1.54. The fourth-order valence-electron chi connectivity index (χ4n) is 0. The van der Waals surface area contributed by atoms with E-state index in [9.17, 15) is 0 Å². The van der Waals surface area contributed by atoms with Gasteiger partial charge in [0.1, 0.15) is 0 Å². The molecule has 0 unspecified atom stereocenters. The normalized spacial score (nSPS) is 4.80. The summed E-state index contributed by atoms with van der Waals surface area (Å²) in [6, 6.07) is 0. The van der Waals surface area contributed by atoms with Gasteiger partial charge in [0.25, 0.3) is 0 Å². The Bertz CT molecular complexity index is 121. The van der Waals surface area contributed by atoms with Gasteiger partial charge < -0.3 is 45.0 Å². The Morgan fingerprint density at radius 1 is 0.533 bits per heavy atom. The molecular weight excluding hydrogens is 504 g/mol. The summed E-state index contributed by atoms with van der Waals surface area (Å²) in [5.74, 6) is 0. The molecule has 12 heteroatoms. The number of halogens is 1. The summed E-state index contributed by atoms with van der Waals surface area (Å²) in [6.45, 7) is 0. The second-order valence-electron chi connectivity index (χ2n) is 0.750. The zero-order valence-corrected chi connectivity index (χ0v) is 13.8. The maximum absolute atomic E-state index is 8.33. The fourth-order valence-corrected chi connectivity index (χ4v) is 0. The summed E-state index contributed by atoms with van der Waals surface area (Å²) in [7, 11) is 0. The van der Waals surface area contributed by atoms with Crippen LogP contribution in [0.2, 0.25) is 0 Å². The molecule has 0 aromatic rings. The monoisotopic (exact) mass is 500 g/mol. The standard InChI is InChI=1S/3CH2O3.ClH.2Nd/c3*2-1(3)4;;;/h3*(H2,2,3,4);1H;;/q;;;;2*+3/p-6. The zero-order chi connectivity index (χ0) is 10.7. The Labute approximate surface area is 155 Å². The molecule has 0 heterocycles. The smallest absolute Gasteiger partial charge is 0.652 e. The van der Waals surface area contributed by atoms with Crippen LogP contribution in [0.15, 0.2) is 0 Å². The second kappa shape index (κ2) is 29.3. The molecule has 0 aliphatic carbocycles. The summed E-state index contributed by atoms with van der Waals surface area (Å²) < 4.78 is 0. The molecule has 82 valence electrons. The van der Waals surface area contributed by atoms with E-state index in [1.807, 2.05) is 0 Å². The molecule has 2 radical (unpaired) electrons. The molecule has 0 saturated heterocycles. The van der Waals surface area contributed by atoms with Crippen molar-refractivity contribution in [2.24, 2.45) is 0 Å². The SMILES string of the molecule is Cl.O=C([O-])[O-].O=C([O-])[O-].O=C([O-])[O-].[Nd+3].[Nd+3]. The van der Waals surface area contributed by atoms with Crippen LogP contribution in [-0.4, -0.2) is 18.5 Å². The first-order valence-corrected chi connectivity index (χ1v) is 1.84. The molecule has 0 N–H and O–H groups in total. The van der Waals surface area contributed by atoms with E-state index in [1.165, 1.54) is 0 Å². The van der Waals surface area contributed by atoms with E-state index in [4.69, 9.17) is 45.0 Å². The van der Waals surface area contributed by atoms with Crippen molar-refractivity contribution in [1.82, 2.24) is 0 Å². The van der Waals surface area contributed by atoms with Crippen molar-refractivity contribution in [3.05, 3.63) is 0 Å². The molecule has 0 atom stereocenters. The van der Waals surface area contributed by atoms with Gasteiger partial charge in [-0.15, -0.1) is 12.4 Å². The fraction of sp³-hybridized carbons (Fsp3) is 0.